The van der Waals surface area contributed by atoms with Crippen molar-refractivity contribution >= 4 is 28.5 Å². The zero-order chi connectivity index (χ0) is 20.9. The third-order valence-electron chi connectivity index (χ3n) is 4.07. The van der Waals surface area contributed by atoms with Gasteiger partial charge in [-0.15, -0.1) is 11.3 Å². The number of fused-ring (bicyclic) bond motifs is 1. The number of hydrogen-bond acceptors (Lipinski definition) is 6. The number of thiophene rings is 1. The summed E-state index contributed by atoms with van der Waals surface area (Å²) in [6.45, 7) is 8.61. The molecule has 1 amide bonds. The lowest BCUT2D eigenvalue weighted by molar-refractivity contribution is -0.136. The highest BCUT2D eigenvalue weighted by Gasteiger charge is 2.26. The number of anilines is 1. The number of allylic oxidation sites excluding steroid dienone is 4. The van der Waals surface area contributed by atoms with Gasteiger partial charge in [-0.2, -0.15) is 5.26 Å². The second-order valence-electron chi connectivity index (χ2n) is 6.03. The predicted molar refractivity (Wildman–Crippen MR) is 113 cm³/mol. The maximum Gasteiger partial charge on any atom is 0.248 e. The van der Waals surface area contributed by atoms with Crippen LogP contribution in [0.3, 0.4) is 0 Å². The zero-order valence-corrected chi connectivity index (χ0v) is 17.3. The summed E-state index contributed by atoms with van der Waals surface area (Å²) in [6, 6.07) is 2.24. The zero-order valence-electron chi connectivity index (χ0n) is 16.5. The van der Waals surface area contributed by atoms with Crippen molar-refractivity contribution in [2.24, 2.45) is 0 Å². The molecule has 0 fully saturated rings. The van der Waals surface area contributed by atoms with Crippen molar-refractivity contribution in [3.05, 3.63) is 53.0 Å². The maximum absolute atomic E-state index is 11.8. The van der Waals surface area contributed by atoms with E-state index in [2.05, 4.69) is 24.5 Å². The summed E-state index contributed by atoms with van der Waals surface area (Å²) in [5.41, 5.74) is 2.79. The smallest absolute Gasteiger partial charge is 0.248 e. The highest BCUT2D eigenvalue weighted by molar-refractivity contribution is 7.16. The molecule has 0 radical (unpaired) electrons. The van der Waals surface area contributed by atoms with Gasteiger partial charge in [0, 0.05) is 32.0 Å². The summed E-state index contributed by atoms with van der Waals surface area (Å²) in [7, 11) is 3.33. The number of carbonyl (C=O) groups is 2. The third kappa shape index (κ3) is 6.80. The molecule has 0 saturated carbocycles. The molecule has 0 spiro atoms. The third-order valence-corrected chi connectivity index (χ3v) is 5.30. The van der Waals surface area contributed by atoms with Crippen LogP contribution in [0, 0.1) is 11.3 Å². The van der Waals surface area contributed by atoms with Gasteiger partial charge in [-0.25, -0.2) is 0 Å². The van der Waals surface area contributed by atoms with Gasteiger partial charge in [0.05, 0.1) is 12.1 Å². The molecule has 0 unspecified atom stereocenters. The number of hydrogen-bond donors (Lipinski definition) is 1. The van der Waals surface area contributed by atoms with E-state index in [1.165, 1.54) is 7.11 Å². The van der Waals surface area contributed by atoms with E-state index in [4.69, 9.17) is 10.00 Å². The Kier molecular flexibility index (Phi) is 10.6. The summed E-state index contributed by atoms with van der Waals surface area (Å²) < 4.78 is 4.86. The molecule has 2 heterocycles. The van der Waals surface area contributed by atoms with Crippen molar-refractivity contribution in [2.45, 2.75) is 25.8 Å². The van der Waals surface area contributed by atoms with Crippen molar-refractivity contribution < 1.29 is 14.3 Å². The van der Waals surface area contributed by atoms with E-state index in [-0.39, 0.29) is 12.5 Å². The van der Waals surface area contributed by atoms with Crippen LogP contribution < -0.4 is 5.32 Å². The number of rotatable bonds is 8. The molecule has 28 heavy (non-hydrogen) atoms. The fourth-order valence-corrected chi connectivity index (χ4v) is 3.82. The van der Waals surface area contributed by atoms with Crippen LogP contribution in [0.15, 0.2) is 37.0 Å². The number of nitrogens with one attached hydrogen (secondary N) is 1. The van der Waals surface area contributed by atoms with Crippen LogP contribution in [0.2, 0.25) is 0 Å². The fraction of sp³-hybridized carbons (Fsp3) is 0.381. The number of aldehydes is 1. The van der Waals surface area contributed by atoms with E-state index >= 15 is 0 Å². The molecular formula is C21H27N3O3S. The highest BCUT2D eigenvalue weighted by atomic mass is 32.1. The van der Waals surface area contributed by atoms with Gasteiger partial charge >= 0.3 is 0 Å². The van der Waals surface area contributed by atoms with E-state index in [0.717, 1.165) is 45.7 Å². The lowest BCUT2D eigenvalue weighted by Gasteiger charge is -2.26. The van der Waals surface area contributed by atoms with Crippen LogP contribution in [-0.4, -0.2) is 44.4 Å². The highest BCUT2D eigenvalue weighted by Crippen LogP contribution is 2.36. The Morgan fingerprint density at radius 2 is 2.25 bits per heavy atom. The molecule has 0 atom stereocenters. The second kappa shape index (κ2) is 12.7. The van der Waals surface area contributed by atoms with Gasteiger partial charge in [0.1, 0.15) is 24.0 Å². The Morgan fingerprint density at radius 3 is 2.82 bits per heavy atom. The van der Waals surface area contributed by atoms with Crippen LogP contribution in [-0.2, 0) is 27.3 Å². The molecule has 6 nitrogen and oxygen atoms in total. The largest absolute Gasteiger partial charge is 0.379 e. The van der Waals surface area contributed by atoms with Crippen LogP contribution >= 0.6 is 11.3 Å². The first-order valence-electron chi connectivity index (χ1n) is 8.91. The minimum absolute atomic E-state index is 0.000986. The van der Waals surface area contributed by atoms with Gasteiger partial charge in [0.2, 0.25) is 5.91 Å². The summed E-state index contributed by atoms with van der Waals surface area (Å²) >= 11 is 1.56. The molecule has 1 aliphatic rings. The summed E-state index contributed by atoms with van der Waals surface area (Å²) in [6.07, 6.45) is 8.29. The van der Waals surface area contributed by atoms with Crippen molar-refractivity contribution in [1.82, 2.24) is 4.90 Å². The standard InChI is InChI=1S/C12H15N3O2S.C9H12O/c1-14-12-9(5-13)8-3-4-15(6-10(8)18-12)11(16)7-17-2;1-3-4-6-9(2)7-5-8-10/h14H,3-4,6-7H2,1-2H3;3-4,6,8H,1-2,5,7H2/b;6-4-. The molecule has 7 heteroatoms. The molecule has 1 N–H and O–H groups in total. The topological polar surface area (TPSA) is 82.4 Å². The normalized spacial score (nSPS) is 12.4. The number of nitriles is 1. The molecule has 150 valence electrons. The molecule has 1 aliphatic heterocycles. The molecule has 2 rings (SSSR count). The van der Waals surface area contributed by atoms with E-state index in [1.54, 1.807) is 22.3 Å². The minimum Gasteiger partial charge on any atom is -0.379 e. The van der Waals surface area contributed by atoms with Crippen LogP contribution in [0.1, 0.15) is 28.8 Å². The Bertz CT molecular complexity index is 775. The lowest BCUT2D eigenvalue weighted by atomic mass is 10.0. The second-order valence-corrected chi connectivity index (χ2v) is 7.13. The fourth-order valence-electron chi connectivity index (χ4n) is 2.66. The molecule has 1 aromatic heterocycles. The predicted octanol–water partition coefficient (Wildman–Crippen LogP) is 3.46. The first-order valence-corrected chi connectivity index (χ1v) is 9.73. The molecule has 0 saturated heterocycles. The molecular weight excluding hydrogens is 374 g/mol. The number of methoxy groups -OCH3 is 1. The number of nitrogens with zero attached hydrogens (tertiary/aromatic N) is 2. The quantitative estimate of drug-likeness (QED) is 0.533. The van der Waals surface area contributed by atoms with Crippen LogP contribution in [0.5, 0.6) is 0 Å². The van der Waals surface area contributed by atoms with Crippen LogP contribution in [0.4, 0.5) is 5.00 Å². The Morgan fingerprint density at radius 1 is 1.50 bits per heavy atom. The average molecular weight is 402 g/mol. The van der Waals surface area contributed by atoms with Crippen molar-refractivity contribution in [3.63, 3.8) is 0 Å². The number of carbonyl (C=O) groups excluding carboxylic acids is 2. The average Bonchev–Trinajstić information content (AvgIpc) is 3.08. The van der Waals surface area contributed by atoms with Crippen molar-refractivity contribution in [1.29, 1.82) is 5.26 Å². The van der Waals surface area contributed by atoms with E-state index in [1.807, 2.05) is 19.2 Å². The summed E-state index contributed by atoms with van der Waals surface area (Å²) in [5.74, 6) is 0.000986. The first kappa shape index (κ1) is 23.3. The molecule has 0 aliphatic carbocycles. The van der Waals surface area contributed by atoms with Crippen molar-refractivity contribution in [2.75, 3.05) is 32.6 Å². The molecule has 1 aromatic rings. The number of ether oxygens (including phenoxy) is 1. The van der Waals surface area contributed by atoms with E-state index in [9.17, 15) is 9.59 Å². The Hall–Kier alpha value is -2.69. The Labute approximate surface area is 170 Å². The maximum atomic E-state index is 11.8. The molecule has 0 aromatic carbocycles. The van der Waals surface area contributed by atoms with E-state index in [0.29, 0.717) is 19.5 Å². The van der Waals surface area contributed by atoms with Gasteiger partial charge < -0.3 is 19.7 Å². The van der Waals surface area contributed by atoms with Gasteiger partial charge in [-0.1, -0.05) is 37.0 Å². The molecule has 0 bridgehead atoms. The first-order chi connectivity index (χ1) is 13.5. The van der Waals surface area contributed by atoms with Crippen LogP contribution in [0.25, 0.3) is 0 Å². The minimum atomic E-state index is 0.000986. The van der Waals surface area contributed by atoms with Gasteiger partial charge in [0.15, 0.2) is 0 Å². The lowest BCUT2D eigenvalue weighted by Crippen LogP contribution is -2.37. The van der Waals surface area contributed by atoms with Crippen molar-refractivity contribution in [3.8, 4) is 6.07 Å². The summed E-state index contributed by atoms with van der Waals surface area (Å²) in [5, 5.41) is 13.1. The summed E-state index contributed by atoms with van der Waals surface area (Å²) in [4.78, 5) is 24.5. The van der Waals surface area contributed by atoms with Gasteiger partial charge in [-0.05, 0) is 18.4 Å². The monoisotopic (exact) mass is 401 g/mol. The van der Waals surface area contributed by atoms with Gasteiger partial charge in [-0.3, -0.25) is 4.79 Å². The van der Waals surface area contributed by atoms with Gasteiger partial charge in [0.25, 0.3) is 0 Å². The number of amides is 1. The van der Waals surface area contributed by atoms with E-state index < -0.39 is 0 Å². The SMILES string of the molecule is C=C/C=C\C(=C)CCC=O.CNc1sc2c(c1C#N)CCN(C(=O)COC)C2. The Balaban J connectivity index is 0.000000336.